The maximum absolute atomic E-state index is 13.2. The van der Waals surface area contributed by atoms with Crippen LogP contribution in [0.4, 0.5) is 13.6 Å². The van der Waals surface area contributed by atoms with Crippen molar-refractivity contribution in [2.24, 2.45) is 5.92 Å². The van der Waals surface area contributed by atoms with E-state index in [1.165, 1.54) is 6.08 Å². The molecule has 1 aliphatic rings. The Balaban J connectivity index is 2.14. The number of nitrogens with zero attached hydrogens (tertiary/aromatic N) is 1. The van der Waals surface area contributed by atoms with Crippen molar-refractivity contribution in [2.75, 3.05) is 12.8 Å². The van der Waals surface area contributed by atoms with E-state index < -0.39 is 40.3 Å². The van der Waals surface area contributed by atoms with Crippen LogP contribution in [0.25, 0.3) is 0 Å². The first kappa shape index (κ1) is 20.4. The van der Waals surface area contributed by atoms with Gasteiger partial charge in [-0.3, -0.25) is 0 Å². The third-order valence-corrected chi connectivity index (χ3v) is 5.06. The Morgan fingerprint density at radius 1 is 1.31 bits per heavy atom. The highest BCUT2D eigenvalue weighted by Gasteiger charge is 2.36. The molecule has 0 aromatic heterocycles. The number of benzene rings is 1. The Hall–Kier alpha value is -1.96. The molecule has 1 heterocycles. The van der Waals surface area contributed by atoms with Gasteiger partial charge in [0.05, 0.1) is 6.04 Å². The molecule has 144 valence electrons. The molecule has 1 aromatic carbocycles. The largest absolute Gasteiger partial charge is 0.332 e. The van der Waals surface area contributed by atoms with Gasteiger partial charge in [0.1, 0.15) is 0 Å². The molecule has 0 saturated carbocycles. The summed E-state index contributed by atoms with van der Waals surface area (Å²) >= 11 is 0. The highest BCUT2D eigenvalue weighted by molar-refractivity contribution is 7.93. The van der Waals surface area contributed by atoms with E-state index in [0.29, 0.717) is 0 Å². The number of piperidine rings is 1. The van der Waals surface area contributed by atoms with E-state index in [1.54, 1.807) is 11.8 Å². The number of hydrogen-bond donors (Lipinski definition) is 1. The minimum atomic E-state index is -3.28. The van der Waals surface area contributed by atoms with Gasteiger partial charge < -0.3 is 10.2 Å². The fourth-order valence-electron chi connectivity index (χ4n) is 3.04. The van der Waals surface area contributed by atoms with Crippen LogP contribution in [0.2, 0.25) is 0 Å². The van der Waals surface area contributed by atoms with Crippen molar-refractivity contribution in [2.45, 2.75) is 38.3 Å². The Bertz CT molecular complexity index is 738. The third kappa shape index (κ3) is 5.79. The molecule has 1 fully saturated rings. The van der Waals surface area contributed by atoms with Gasteiger partial charge in [-0.1, -0.05) is 36.4 Å². The number of sulfone groups is 1. The van der Waals surface area contributed by atoms with Crippen LogP contribution in [0, 0.1) is 5.92 Å². The van der Waals surface area contributed by atoms with Gasteiger partial charge in [-0.25, -0.2) is 22.0 Å². The Labute approximate surface area is 153 Å². The number of hydrogen-bond acceptors (Lipinski definition) is 3. The van der Waals surface area contributed by atoms with E-state index >= 15 is 0 Å². The number of nitrogens with one attached hydrogen (secondary N) is 1. The lowest BCUT2D eigenvalue weighted by Gasteiger charge is -2.40. The summed E-state index contributed by atoms with van der Waals surface area (Å²) in [6.45, 7) is 1.88. The minimum absolute atomic E-state index is 0.197. The fourth-order valence-corrected chi connectivity index (χ4v) is 3.56. The number of halogens is 2. The van der Waals surface area contributed by atoms with Crippen LogP contribution in [-0.2, 0) is 9.84 Å². The summed E-state index contributed by atoms with van der Waals surface area (Å²) in [5.74, 6) is -0.744. The quantitative estimate of drug-likeness (QED) is 0.844. The molecule has 1 saturated heterocycles. The number of carbonyl (C=O) groups excluding carboxylic acids is 1. The summed E-state index contributed by atoms with van der Waals surface area (Å²) in [6.07, 6.45) is 0.475. The van der Waals surface area contributed by atoms with Crippen LogP contribution in [0.3, 0.4) is 0 Å². The van der Waals surface area contributed by atoms with Gasteiger partial charge in [0.25, 0.3) is 0 Å². The van der Waals surface area contributed by atoms with Crippen molar-refractivity contribution in [3.63, 3.8) is 0 Å². The maximum Gasteiger partial charge on any atom is 0.318 e. The van der Waals surface area contributed by atoms with E-state index in [0.717, 1.165) is 17.2 Å². The molecule has 8 heteroatoms. The van der Waals surface area contributed by atoms with Gasteiger partial charge >= 0.3 is 6.03 Å². The molecular weight excluding hydrogens is 362 g/mol. The van der Waals surface area contributed by atoms with Crippen molar-refractivity contribution in [1.82, 2.24) is 10.2 Å². The van der Waals surface area contributed by atoms with Crippen molar-refractivity contribution in [1.29, 1.82) is 0 Å². The zero-order valence-electron chi connectivity index (χ0n) is 14.8. The van der Waals surface area contributed by atoms with E-state index in [1.807, 2.05) is 30.3 Å². The average Bonchev–Trinajstić information content (AvgIpc) is 2.59. The number of likely N-dealkylation sites (tertiary alicyclic amines) is 1. The molecule has 1 aromatic rings. The first-order valence-electron chi connectivity index (χ1n) is 8.46. The van der Waals surface area contributed by atoms with Crippen LogP contribution in [0.15, 0.2) is 41.8 Å². The molecule has 2 amide bonds. The molecule has 0 spiro atoms. The van der Waals surface area contributed by atoms with E-state index in [9.17, 15) is 22.0 Å². The lowest BCUT2D eigenvalue weighted by molar-refractivity contribution is 0.0216. The molecule has 5 nitrogen and oxygen atoms in total. The van der Waals surface area contributed by atoms with E-state index in [-0.39, 0.29) is 19.4 Å². The second-order valence-electron chi connectivity index (χ2n) is 6.64. The molecular formula is C18H24F2N2O3S. The standard InChI is InChI=1S/C18H24F2N2O3S/c1-13(9-11-26(2,24)25)21-18(23)22-10-8-15(17(19)20)12-16(22)14-6-4-3-5-7-14/h3-7,9,11,13,15-17H,8,10,12H2,1-2H3,(H,21,23)/b11-9+/t13-,15-,16+/m0/s1. The zero-order chi connectivity index (χ0) is 19.3. The summed E-state index contributed by atoms with van der Waals surface area (Å²) in [6, 6.07) is 7.79. The number of rotatable bonds is 5. The predicted molar refractivity (Wildman–Crippen MR) is 96.6 cm³/mol. The molecule has 0 bridgehead atoms. The summed E-state index contributed by atoms with van der Waals surface area (Å²) in [4.78, 5) is 14.2. The lowest BCUT2D eigenvalue weighted by atomic mass is 9.87. The molecule has 1 aliphatic heterocycles. The second kappa shape index (κ2) is 8.62. The van der Waals surface area contributed by atoms with Crippen molar-refractivity contribution < 1.29 is 22.0 Å². The normalized spacial score (nSPS) is 22.6. The van der Waals surface area contributed by atoms with Crippen molar-refractivity contribution >= 4 is 15.9 Å². The number of amides is 2. The first-order valence-corrected chi connectivity index (χ1v) is 10.4. The smallest absolute Gasteiger partial charge is 0.318 e. The van der Waals surface area contributed by atoms with Crippen LogP contribution < -0.4 is 5.32 Å². The fraction of sp³-hybridized carbons (Fsp3) is 0.500. The molecule has 0 radical (unpaired) electrons. The average molecular weight is 386 g/mol. The molecule has 26 heavy (non-hydrogen) atoms. The lowest BCUT2D eigenvalue weighted by Crippen LogP contribution is -2.49. The highest BCUT2D eigenvalue weighted by Crippen LogP contribution is 2.36. The first-order chi connectivity index (χ1) is 12.2. The van der Waals surface area contributed by atoms with Gasteiger partial charge in [-0.05, 0) is 25.3 Å². The van der Waals surface area contributed by atoms with E-state index in [4.69, 9.17) is 0 Å². The van der Waals surface area contributed by atoms with Crippen molar-refractivity contribution in [3.8, 4) is 0 Å². The molecule has 2 rings (SSSR count). The monoisotopic (exact) mass is 386 g/mol. The summed E-state index contributed by atoms with van der Waals surface area (Å²) < 4.78 is 48.7. The van der Waals surface area contributed by atoms with Gasteiger partial charge in [0.15, 0.2) is 9.84 Å². The Kier molecular flexibility index (Phi) is 6.75. The molecule has 1 N–H and O–H groups in total. The summed E-state index contributed by atoms with van der Waals surface area (Å²) in [5, 5.41) is 3.75. The topological polar surface area (TPSA) is 66.5 Å². The second-order valence-corrected chi connectivity index (χ2v) is 8.57. The summed E-state index contributed by atoms with van der Waals surface area (Å²) in [7, 11) is -3.28. The maximum atomic E-state index is 13.2. The van der Waals surface area contributed by atoms with Crippen LogP contribution in [0.1, 0.15) is 31.4 Å². The number of carbonyl (C=O) groups is 1. The summed E-state index contributed by atoms with van der Waals surface area (Å²) in [5.41, 5.74) is 0.812. The van der Waals surface area contributed by atoms with Gasteiger partial charge in [-0.2, -0.15) is 0 Å². The highest BCUT2D eigenvalue weighted by atomic mass is 32.2. The van der Waals surface area contributed by atoms with Crippen LogP contribution in [-0.4, -0.2) is 44.6 Å². The Morgan fingerprint density at radius 2 is 1.96 bits per heavy atom. The predicted octanol–water partition coefficient (Wildman–Crippen LogP) is 3.36. The molecule has 0 aliphatic carbocycles. The van der Waals surface area contributed by atoms with Crippen LogP contribution >= 0.6 is 0 Å². The van der Waals surface area contributed by atoms with E-state index in [2.05, 4.69) is 5.32 Å². The molecule has 0 unspecified atom stereocenters. The third-order valence-electron chi connectivity index (χ3n) is 4.41. The number of urea groups is 1. The SMILES string of the molecule is C[C@@H](/C=C/S(C)(=O)=O)NC(=O)N1CC[C@H](C(F)F)C[C@@H]1c1ccccc1. The van der Waals surface area contributed by atoms with Gasteiger partial charge in [0, 0.05) is 30.2 Å². The zero-order valence-corrected chi connectivity index (χ0v) is 15.6. The van der Waals surface area contributed by atoms with Gasteiger partial charge in [0.2, 0.25) is 6.43 Å². The molecule has 3 atom stereocenters. The van der Waals surface area contributed by atoms with Gasteiger partial charge in [-0.15, -0.1) is 0 Å². The minimum Gasteiger partial charge on any atom is -0.332 e. The Morgan fingerprint density at radius 3 is 2.54 bits per heavy atom. The van der Waals surface area contributed by atoms with Crippen LogP contribution in [0.5, 0.6) is 0 Å². The number of alkyl halides is 2. The van der Waals surface area contributed by atoms with Crippen molar-refractivity contribution in [3.05, 3.63) is 47.4 Å².